The van der Waals surface area contributed by atoms with Crippen LogP contribution in [0.15, 0.2) is 75.8 Å². The Labute approximate surface area is 209 Å². The molecule has 0 saturated heterocycles. The monoisotopic (exact) mass is 495 g/mol. The maximum atomic E-state index is 13.1. The van der Waals surface area contributed by atoms with Crippen LogP contribution in [0.3, 0.4) is 0 Å². The van der Waals surface area contributed by atoms with Gasteiger partial charge in [0, 0.05) is 36.0 Å². The first-order valence-corrected chi connectivity index (χ1v) is 12.3. The van der Waals surface area contributed by atoms with Gasteiger partial charge in [0.2, 0.25) is 0 Å². The fraction of sp³-hybridized carbons (Fsp3) is 0.111. The van der Waals surface area contributed by atoms with Crippen molar-refractivity contribution in [3.05, 3.63) is 103 Å². The quantitative estimate of drug-likeness (QED) is 0.304. The van der Waals surface area contributed by atoms with Crippen LogP contribution in [0.4, 0.5) is 28.4 Å². The zero-order valence-corrected chi connectivity index (χ0v) is 19.9. The average molecular weight is 496 g/mol. The predicted molar refractivity (Wildman–Crippen MR) is 144 cm³/mol. The first-order valence-electron chi connectivity index (χ1n) is 11.5. The molecule has 0 unspecified atom stereocenters. The summed E-state index contributed by atoms with van der Waals surface area (Å²) >= 11 is 1.37. The van der Waals surface area contributed by atoms with Gasteiger partial charge in [0.1, 0.15) is 16.3 Å². The van der Waals surface area contributed by atoms with E-state index in [1.807, 2.05) is 53.9 Å². The third-order valence-corrected chi connectivity index (χ3v) is 7.42. The molecule has 3 aromatic carbocycles. The molecule has 5 aromatic rings. The van der Waals surface area contributed by atoms with Gasteiger partial charge in [-0.15, -0.1) is 11.3 Å². The molecule has 3 heterocycles. The molecule has 0 saturated carbocycles. The third kappa shape index (κ3) is 3.61. The number of hydrogen-bond acceptors (Lipinski definition) is 8. The first-order chi connectivity index (χ1) is 17.5. The summed E-state index contributed by atoms with van der Waals surface area (Å²) in [7, 11) is 0. The van der Waals surface area contributed by atoms with Gasteiger partial charge < -0.3 is 21.3 Å². The van der Waals surface area contributed by atoms with Crippen molar-refractivity contribution in [2.75, 3.05) is 27.8 Å². The van der Waals surface area contributed by atoms with E-state index in [9.17, 15) is 14.4 Å². The third-order valence-electron chi connectivity index (χ3n) is 6.50. The minimum atomic E-state index is -0.625. The lowest BCUT2D eigenvalue weighted by atomic mass is 10.1. The van der Waals surface area contributed by atoms with Crippen molar-refractivity contribution in [1.82, 2.24) is 4.98 Å². The minimum Gasteiger partial charge on any atom is -0.394 e. The molecule has 0 radical (unpaired) electrons. The van der Waals surface area contributed by atoms with Crippen LogP contribution in [0.5, 0.6) is 0 Å². The number of aromatic nitrogens is 1. The summed E-state index contributed by atoms with van der Waals surface area (Å²) in [5.74, 6) is -0.200. The smallest absolute Gasteiger partial charge is 0.267 e. The van der Waals surface area contributed by atoms with Crippen LogP contribution in [0.2, 0.25) is 0 Å². The Bertz CT molecular complexity index is 1710. The Kier molecular flexibility index (Phi) is 5.26. The zero-order valence-electron chi connectivity index (χ0n) is 19.1. The van der Waals surface area contributed by atoms with Crippen LogP contribution >= 0.6 is 11.3 Å². The number of carbonyl (C=O) groups excluding carboxylic acids is 1. The minimum absolute atomic E-state index is 0.0164. The standard InChI is InChI=1S/C27H21N5O3S/c28-22-23(25(34)24(22)33)32-11-8-15-13-17(5-6-21(15)32)31-27(35)26-20(9-12-36-26)30-14-16-7-10-29-19-4-2-1-3-18(16)19/h1-7,9-10,12-13,30H,8,11,14,28H2,(H,31,35). The van der Waals surface area contributed by atoms with Crippen LogP contribution in [0.25, 0.3) is 10.9 Å². The number of nitrogens with zero attached hydrogens (tertiary/aromatic N) is 2. The lowest BCUT2D eigenvalue weighted by molar-refractivity contribution is 0.103. The van der Waals surface area contributed by atoms with Gasteiger partial charge in [-0.2, -0.15) is 0 Å². The molecule has 0 fully saturated rings. The number of anilines is 5. The van der Waals surface area contributed by atoms with E-state index < -0.39 is 10.9 Å². The number of amides is 1. The van der Waals surface area contributed by atoms with Gasteiger partial charge in [-0.25, -0.2) is 0 Å². The van der Waals surface area contributed by atoms with E-state index in [2.05, 4.69) is 15.6 Å². The number of hydrogen-bond donors (Lipinski definition) is 3. The molecule has 1 aliphatic rings. The Morgan fingerprint density at radius 3 is 2.81 bits per heavy atom. The lowest BCUT2D eigenvalue weighted by Gasteiger charge is -2.21. The van der Waals surface area contributed by atoms with E-state index in [-0.39, 0.29) is 17.3 Å². The molecule has 4 N–H and O–H groups in total. The zero-order chi connectivity index (χ0) is 24.8. The molecule has 1 amide bonds. The summed E-state index contributed by atoms with van der Waals surface area (Å²) in [6.45, 7) is 1.12. The summed E-state index contributed by atoms with van der Waals surface area (Å²) in [4.78, 5) is 43.4. The van der Waals surface area contributed by atoms with Crippen LogP contribution < -0.4 is 32.1 Å². The number of rotatable bonds is 6. The van der Waals surface area contributed by atoms with Crippen LogP contribution in [-0.2, 0) is 13.0 Å². The van der Waals surface area contributed by atoms with Crippen LogP contribution in [0, 0.1) is 0 Å². The number of carbonyl (C=O) groups is 1. The summed E-state index contributed by atoms with van der Waals surface area (Å²) < 4.78 is 0. The number of thiophene rings is 1. The summed E-state index contributed by atoms with van der Waals surface area (Å²) in [6, 6.07) is 17.4. The molecule has 0 atom stereocenters. The number of benzene rings is 2. The number of para-hydroxylation sites is 1. The number of nitrogen functional groups attached to an aromatic ring is 1. The molecular formula is C27H21N5O3S. The van der Waals surface area contributed by atoms with Crippen molar-refractivity contribution >= 4 is 56.6 Å². The van der Waals surface area contributed by atoms with E-state index in [1.165, 1.54) is 11.3 Å². The van der Waals surface area contributed by atoms with Crippen molar-refractivity contribution in [2.24, 2.45) is 0 Å². The highest BCUT2D eigenvalue weighted by Gasteiger charge is 2.29. The fourth-order valence-electron chi connectivity index (χ4n) is 4.69. The van der Waals surface area contributed by atoms with E-state index >= 15 is 0 Å². The van der Waals surface area contributed by atoms with Gasteiger partial charge in [0.15, 0.2) is 0 Å². The van der Waals surface area contributed by atoms with E-state index in [1.54, 1.807) is 17.2 Å². The second-order valence-electron chi connectivity index (χ2n) is 8.62. The fourth-order valence-corrected chi connectivity index (χ4v) is 5.45. The molecule has 6 rings (SSSR count). The van der Waals surface area contributed by atoms with Crippen molar-refractivity contribution in [2.45, 2.75) is 13.0 Å². The highest BCUT2D eigenvalue weighted by Crippen LogP contribution is 2.37. The predicted octanol–water partition coefficient (Wildman–Crippen LogP) is 4.03. The molecule has 0 aliphatic carbocycles. The maximum absolute atomic E-state index is 13.1. The lowest BCUT2D eigenvalue weighted by Crippen LogP contribution is -2.40. The molecule has 0 spiro atoms. The Hall–Kier alpha value is -4.50. The second kappa shape index (κ2) is 8.62. The largest absolute Gasteiger partial charge is 0.394 e. The molecule has 0 bridgehead atoms. The molecule has 178 valence electrons. The van der Waals surface area contributed by atoms with Gasteiger partial charge in [-0.05, 0) is 59.3 Å². The van der Waals surface area contributed by atoms with Crippen molar-refractivity contribution < 1.29 is 4.79 Å². The summed E-state index contributed by atoms with van der Waals surface area (Å²) in [5.41, 5.74) is 10.1. The van der Waals surface area contributed by atoms with Gasteiger partial charge in [-0.3, -0.25) is 19.4 Å². The molecule has 2 aromatic heterocycles. The normalized spacial score (nSPS) is 12.7. The van der Waals surface area contributed by atoms with Crippen LogP contribution in [0.1, 0.15) is 20.8 Å². The maximum Gasteiger partial charge on any atom is 0.267 e. The average Bonchev–Trinajstić information content (AvgIpc) is 3.54. The van der Waals surface area contributed by atoms with Crippen LogP contribution in [-0.4, -0.2) is 17.4 Å². The summed E-state index contributed by atoms with van der Waals surface area (Å²) in [6.07, 6.45) is 2.47. The molecule has 8 nitrogen and oxygen atoms in total. The van der Waals surface area contributed by atoms with E-state index in [0.717, 1.165) is 33.4 Å². The highest BCUT2D eigenvalue weighted by molar-refractivity contribution is 7.12. The summed E-state index contributed by atoms with van der Waals surface area (Å²) in [5, 5.41) is 9.34. The van der Waals surface area contributed by atoms with Crippen molar-refractivity contribution in [3.8, 4) is 0 Å². The van der Waals surface area contributed by atoms with Crippen molar-refractivity contribution in [3.63, 3.8) is 0 Å². The molecule has 1 aliphatic heterocycles. The number of nitrogens with one attached hydrogen (secondary N) is 2. The molecule has 36 heavy (non-hydrogen) atoms. The van der Waals surface area contributed by atoms with E-state index in [4.69, 9.17) is 5.73 Å². The second-order valence-corrected chi connectivity index (χ2v) is 9.54. The van der Waals surface area contributed by atoms with Gasteiger partial charge in [0.05, 0.1) is 11.2 Å². The van der Waals surface area contributed by atoms with Gasteiger partial charge in [-0.1, -0.05) is 18.2 Å². The number of pyridine rings is 1. The molecule has 9 heteroatoms. The highest BCUT2D eigenvalue weighted by atomic mass is 32.1. The SMILES string of the molecule is Nc1c(N2CCc3cc(NC(=O)c4sccc4NCc4ccnc5ccccc45)ccc32)c(=O)c1=O. The van der Waals surface area contributed by atoms with E-state index in [0.29, 0.717) is 30.1 Å². The Morgan fingerprint density at radius 1 is 1.08 bits per heavy atom. The number of nitrogens with two attached hydrogens (primary N) is 1. The Morgan fingerprint density at radius 2 is 1.94 bits per heavy atom. The van der Waals surface area contributed by atoms with Gasteiger partial charge in [0.25, 0.3) is 16.8 Å². The molecular weight excluding hydrogens is 474 g/mol. The Balaban J connectivity index is 1.17. The first kappa shape index (κ1) is 22.0. The van der Waals surface area contributed by atoms with Gasteiger partial charge >= 0.3 is 0 Å². The number of fused-ring (bicyclic) bond motifs is 2. The topological polar surface area (TPSA) is 117 Å². The van der Waals surface area contributed by atoms with Crippen molar-refractivity contribution in [1.29, 1.82) is 0 Å².